The Bertz CT molecular complexity index is 145. The number of rotatable bonds is 1. The van der Waals surface area contributed by atoms with Crippen molar-refractivity contribution in [2.75, 3.05) is 0 Å². The van der Waals surface area contributed by atoms with Crippen molar-refractivity contribution in [2.45, 2.75) is 31.1 Å². The van der Waals surface area contributed by atoms with Crippen molar-refractivity contribution in [3.63, 3.8) is 0 Å². The minimum atomic E-state index is 0.353. The molecule has 1 saturated carbocycles. The molecule has 64 valence electrons. The summed E-state index contributed by atoms with van der Waals surface area (Å²) < 4.78 is 0. The number of allylic oxidation sites excluding steroid dienone is 1. The summed E-state index contributed by atoms with van der Waals surface area (Å²) in [5.74, 6) is 0.462. The fraction of sp³-hybridized carbons (Fsp3) is 0.750. The van der Waals surface area contributed by atoms with E-state index >= 15 is 0 Å². The monoisotopic (exact) mass is 212 g/mol. The molecule has 0 nitrogen and oxygen atoms in total. The second-order valence-electron chi connectivity index (χ2n) is 2.94. The average Bonchev–Trinajstić information content (AvgIpc) is 2.05. The van der Waals surface area contributed by atoms with E-state index in [2.05, 4.69) is 0 Å². The van der Waals surface area contributed by atoms with Crippen molar-refractivity contribution in [1.82, 2.24) is 0 Å². The molecule has 0 radical (unpaired) electrons. The molecule has 0 unspecified atom stereocenters. The molecule has 11 heavy (non-hydrogen) atoms. The summed E-state index contributed by atoms with van der Waals surface area (Å²) in [7, 11) is 0. The van der Waals surface area contributed by atoms with Crippen LogP contribution in [0.15, 0.2) is 10.6 Å². The molecule has 0 spiro atoms. The van der Waals surface area contributed by atoms with E-state index in [9.17, 15) is 0 Å². The van der Waals surface area contributed by atoms with Crippen molar-refractivity contribution in [3.8, 4) is 0 Å². The fourth-order valence-corrected chi connectivity index (χ4v) is 2.07. The summed E-state index contributed by atoms with van der Waals surface area (Å²) >= 11 is 17.3. The Kier molecular flexibility index (Phi) is 4.05. The first kappa shape index (κ1) is 9.70. The Hall–Kier alpha value is 0.610. The van der Waals surface area contributed by atoms with Crippen LogP contribution in [0, 0.1) is 5.92 Å². The smallest absolute Gasteiger partial charge is 0.0336 e. The van der Waals surface area contributed by atoms with Crippen LogP contribution in [-0.2, 0) is 0 Å². The lowest BCUT2D eigenvalue weighted by Crippen LogP contribution is -2.14. The van der Waals surface area contributed by atoms with Crippen LogP contribution in [-0.4, -0.2) is 5.38 Å². The number of halogens is 3. The maximum atomic E-state index is 5.93. The third kappa shape index (κ3) is 2.85. The minimum Gasteiger partial charge on any atom is -0.123 e. The first-order chi connectivity index (χ1) is 5.24. The van der Waals surface area contributed by atoms with Gasteiger partial charge in [0, 0.05) is 15.9 Å². The van der Waals surface area contributed by atoms with Crippen molar-refractivity contribution in [1.29, 1.82) is 0 Å². The molecule has 0 N–H and O–H groups in total. The van der Waals surface area contributed by atoms with Crippen molar-refractivity contribution in [3.05, 3.63) is 10.6 Å². The summed E-state index contributed by atoms with van der Waals surface area (Å²) in [6.45, 7) is 0. The van der Waals surface area contributed by atoms with Crippen LogP contribution >= 0.6 is 34.8 Å². The van der Waals surface area contributed by atoms with E-state index in [1.54, 1.807) is 0 Å². The van der Waals surface area contributed by atoms with Gasteiger partial charge in [0.25, 0.3) is 0 Å². The third-order valence-electron chi connectivity index (χ3n) is 2.15. The van der Waals surface area contributed by atoms with Gasteiger partial charge in [0.05, 0.1) is 0 Å². The summed E-state index contributed by atoms with van der Waals surface area (Å²) in [6, 6.07) is 0. The van der Waals surface area contributed by atoms with Gasteiger partial charge in [0.2, 0.25) is 0 Å². The molecule has 1 fully saturated rings. The molecule has 0 saturated heterocycles. The van der Waals surface area contributed by atoms with Gasteiger partial charge in [-0.05, 0) is 31.6 Å². The number of hydrogen-bond donors (Lipinski definition) is 0. The van der Waals surface area contributed by atoms with E-state index in [0.29, 0.717) is 11.3 Å². The van der Waals surface area contributed by atoms with Gasteiger partial charge in [-0.15, -0.1) is 11.6 Å². The lowest BCUT2D eigenvalue weighted by molar-refractivity contribution is 0.419. The largest absolute Gasteiger partial charge is 0.123 e. The molecular weight excluding hydrogens is 202 g/mol. The first-order valence-corrected chi connectivity index (χ1v) is 5.09. The zero-order valence-corrected chi connectivity index (χ0v) is 8.46. The van der Waals surface area contributed by atoms with Gasteiger partial charge < -0.3 is 0 Å². The van der Waals surface area contributed by atoms with Crippen molar-refractivity contribution < 1.29 is 0 Å². The highest BCUT2D eigenvalue weighted by Gasteiger charge is 2.21. The van der Waals surface area contributed by atoms with Gasteiger partial charge in [-0.2, -0.15) is 0 Å². The summed E-state index contributed by atoms with van der Waals surface area (Å²) in [4.78, 5) is 0. The first-order valence-electron chi connectivity index (χ1n) is 3.84. The molecule has 0 aliphatic heterocycles. The molecule has 0 heterocycles. The van der Waals surface area contributed by atoms with Gasteiger partial charge >= 0.3 is 0 Å². The third-order valence-corrected chi connectivity index (χ3v) is 3.35. The molecule has 0 aromatic heterocycles. The highest BCUT2D eigenvalue weighted by atomic mass is 35.5. The molecule has 0 atom stereocenters. The van der Waals surface area contributed by atoms with Gasteiger partial charge in [-0.3, -0.25) is 0 Å². The molecule has 1 aliphatic rings. The molecule has 0 bridgehead atoms. The molecule has 0 aromatic rings. The maximum Gasteiger partial charge on any atom is 0.0336 e. The Balaban J connectivity index is 2.39. The normalized spacial score (nSPS) is 33.9. The number of hydrogen-bond acceptors (Lipinski definition) is 0. The molecule has 0 amide bonds. The van der Waals surface area contributed by atoms with Gasteiger partial charge in [0.1, 0.15) is 0 Å². The Labute approximate surface area is 82.5 Å². The molecule has 1 aliphatic carbocycles. The Morgan fingerprint density at radius 3 is 2.18 bits per heavy atom. The summed E-state index contributed by atoms with van der Waals surface area (Å²) in [6.07, 6.45) is 4.28. The van der Waals surface area contributed by atoms with E-state index in [4.69, 9.17) is 34.8 Å². The van der Waals surface area contributed by atoms with Crippen molar-refractivity contribution >= 4 is 34.8 Å². The number of alkyl halides is 1. The minimum absolute atomic E-state index is 0.353. The van der Waals surface area contributed by atoms with E-state index in [-0.39, 0.29) is 0 Å². The summed E-state index contributed by atoms with van der Waals surface area (Å²) in [5, 5.41) is 1.14. The predicted molar refractivity (Wildman–Crippen MR) is 51.4 cm³/mol. The lowest BCUT2D eigenvalue weighted by Gasteiger charge is -2.23. The average molecular weight is 214 g/mol. The van der Waals surface area contributed by atoms with Crippen LogP contribution in [0.2, 0.25) is 0 Å². The van der Waals surface area contributed by atoms with Crippen LogP contribution in [0.3, 0.4) is 0 Å². The van der Waals surface area contributed by atoms with E-state index in [1.807, 2.05) is 0 Å². The van der Waals surface area contributed by atoms with E-state index in [0.717, 1.165) is 30.7 Å². The van der Waals surface area contributed by atoms with E-state index < -0.39 is 0 Å². The van der Waals surface area contributed by atoms with Crippen LogP contribution in [0.4, 0.5) is 0 Å². The van der Waals surface area contributed by atoms with Crippen molar-refractivity contribution in [2.24, 2.45) is 5.92 Å². The second kappa shape index (κ2) is 4.59. The molecule has 3 heteroatoms. The standard InChI is InChI=1S/C8H11Cl3/c9-5-8(11)6-1-3-7(10)4-2-6/h5-7H,1-4H2. The van der Waals surface area contributed by atoms with Crippen LogP contribution in [0.5, 0.6) is 0 Å². The second-order valence-corrected chi connectivity index (χ2v) is 4.21. The van der Waals surface area contributed by atoms with Crippen LogP contribution in [0.1, 0.15) is 25.7 Å². The Morgan fingerprint density at radius 2 is 1.73 bits per heavy atom. The predicted octanol–water partition coefficient (Wildman–Crippen LogP) is 4.10. The van der Waals surface area contributed by atoms with Gasteiger partial charge in [-0.25, -0.2) is 0 Å². The van der Waals surface area contributed by atoms with E-state index in [1.165, 1.54) is 5.54 Å². The van der Waals surface area contributed by atoms with Gasteiger partial charge in [-0.1, -0.05) is 23.2 Å². The zero-order chi connectivity index (χ0) is 8.27. The lowest BCUT2D eigenvalue weighted by atomic mass is 9.89. The molecule has 0 aromatic carbocycles. The summed E-state index contributed by atoms with van der Waals surface area (Å²) in [5.41, 5.74) is 1.47. The SMILES string of the molecule is ClC=C(Cl)C1CCC(Cl)CC1. The van der Waals surface area contributed by atoms with Crippen LogP contribution in [0.25, 0.3) is 0 Å². The molecular formula is C8H11Cl3. The van der Waals surface area contributed by atoms with Gasteiger partial charge in [0.15, 0.2) is 0 Å². The fourth-order valence-electron chi connectivity index (χ4n) is 1.42. The topological polar surface area (TPSA) is 0 Å². The molecule has 1 rings (SSSR count). The highest BCUT2D eigenvalue weighted by Crippen LogP contribution is 2.34. The highest BCUT2D eigenvalue weighted by molar-refractivity contribution is 6.36. The maximum absolute atomic E-state index is 5.93. The quantitative estimate of drug-likeness (QED) is 0.575. The zero-order valence-electron chi connectivity index (χ0n) is 6.19. The van der Waals surface area contributed by atoms with Crippen LogP contribution < -0.4 is 0 Å². The Morgan fingerprint density at radius 1 is 1.18 bits per heavy atom.